The molecule has 0 bridgehead atoms. The summed E-state index contributed by atoms with van der Waals surface area (Å²) in [5.74, 6) is 0. The molecular weight excluding hydrogens is 301 g/mol. The molecule has 0 aliphatic heterocycles. The maximum atomic E-state index is 12.9. The Hall–Kier alpha value is -2.14. The van der Waals surface area contributed by atoms with E-state index in [9.17, 15) is 13.2 Å². The number of rotatable bonds is 1. The number of nitrogens with zero attached hydrogens (tertiary/aromatic N) is 2. The molecule has 106 valence electrons. The molecule has 0 radical (unpaired) electrons. The van der Waals surface area contributed by atoms with Gasteiger partial charge in [-0.2, -0.15) is 13.2 Å². The van der Waals surface area contributed by atoms with Crippen molar-refractivity contribution in [2.45, 2.75) is 6.18 Å². The van der Waals surface area contributed by atoms with E-state index < -0.39 is 11.7 Å². The smallest absolute Gasteiger partial charge is 0.256 e. The summed E-state index contributed by atoms with van der Waals surface area (Å²) in [4.78, 5) is 8.21. The molecule has 0 unspecified atom stereocenters. The largest absolute Gasteiger partial charge is 0.416 e. The highest BCUT2D eigenvalue weighted by Crippen LogP contribution is 2.34. The van der Waals surface area contributed by atoms with Gasteiger partial charge in [-0.05, 0) is 18.2 Å². The standard InChI is InChI=1S/C15H8ClF3N2/c16-13-8-10(15(17,18)19)7-12(21-13)11-5-1-3-9-4-2-6-20-14(9)11/h1-8H. The molecule has 0 N–H and O–H groups in total. The Balaban J connectivity index is 2.26. The summed E-state index contributed by atoms with van der Waals surface area (Å²) in [6, 6.07) is 10.6. The van der Waals surface area contributed by atoms with Crippen molar-refractivity contribution in [3.05, 3.63) is 59.4 Å². The van der Waals surface area contributed by atoms with Gasteiger partial charge in [0, 0.05) is 17.1 Å². The lowest BCUT2D eigenvalue weighted by molar-refractivity contribution is -0.137. The average Bonchev–Trinajstić information content (AvgIpc) is 2.45. The van der Waals surface area contributed by atoms with Crippen LogP contribution in [0.5, 0.6) is 0 Å². The fourth-order valence-electron chi connectivity index (χ4n) is 2.11. The first-order valence-corrected chi connectivity index (χ1v) is 6.42. The monoisotopic (exact) mass is 308 g/mol. The quantitative estimate of drug-likeness (QED) is 0.593. The Labute approximate surface area is 123 Å². The first kappa shape index (κ1) is 13.8. The summed E-state index contributed by atoms with van der Waals surface area (Å²) < 4.78 is 38.6. The predicted octanol–water partition coefficient (Wildman–Crippen LogP) is 4.97. The van der Waals surface area contributed by atoms with Gasteiger partial charge in [-0.1, -0.05) is 35.9 Å². The first-order chi connectivity index (χ1) is 9.95. The molecule has 21 heavy (non-hydrogen) atoms. The lowest BCUT2D eigenvalue weighted by Crippen LogP contribution is -2.06. The zero-order valence-electron chi connectivity index (χ0n) is 10.5. The van der Waals surface area contributed by atoms with Crippen molar-refractivity contribution in [3.8, 4) is 11.3 Å². The van der Waals surface area contributed by atoms with Crippen molar-refractivity contribution >= 4 is 22.5 Å². The molecule has 6 heteroatoms. The fraction of sp³-hybridized carbons (Fsp3) is 0.0667. The zero-order chi connectivity index (χ0) is 15.0. The van der Waals surface area contributed by atoms with E-state index in [-0.39, 0.29) is 10.8 Å². The van der Waals surface area contributed by atoms with Crippen molar-refractivity contribution in [3.63, 3.8) is 0 Å². The van der Waals surface area contributed by atoms with Gasteiger partial charge in [-0.15, -0.1) is 0 Å². The molecule has 2 nitrogen and oxygen atoms in total. The molecule has 0 amide bonds. The van der Waals surface area contributed by atoms with Crippen LogP contribution in [0.1, 0.15) is 5.56 Å². The number of aromatic nitrogens is 2. The summed E-state index contributed by atoms with van der Waals surface area (Å²) in [6.07, 6.45) is -2.89. The lowest BCUT2D eigenvalue weighted by Gasteiger charge is -2.10. The van der Waals surface area contributed by atoms with Gasteiger partial charge in [-0.25, -0.2) is 4.98 Å². The number of halogens is 4. The van der Waals surface area contributed by atoms with Gasteiger partial charge in [0.15, 0.2) is 0 Å². The second-order valence-electron chi connectivity index (χ2n) is 4.44. The Morgan fingerprint density at radius 3 is 2.52 bits per heavy atom. The molecule has 0 saturated heterocycles. The lowest BCUT2D eigenvalue weighted by atomic mass is 10.0. The van der Waals surface area contributed by atoms with Crippen LogP contribution in [-0.2, 0) is 6.18 Å². The third-order valence-corrected chi connectivity index (χ3v) is 3.22. The minimum atomic E-state index is -4.47. The molecule has 0 saturated carbocycles. The van der Waals surface area contributed by atoms with E-state index in [4.69, 9.17) is 11.6 Å². The molecule has 0 fully saturated rings. The minimum absolute atomic E-state index is 0.152. The Bertz CT molecular complexity index is 810. The van der Waals surface area contributed by atoms with Crippen LogP contribution >= 0.6 is 11.6 Å². The van der Waals surface area contributed by atoms with Crippen LogP contribution in [-0.4, -0.2) is 9.97 Å². The highest BCUT2D eigenvalue weighted by Gasteiger charge is 2.31. The van der Waals surface area contributed by atoms with Crippen LogP contribution in [0.3, 0.4) is 0 Å². The number of alkyl halides is 3. The molecule has 3 rings (SSSR count). The summed E-state index contributed by atoms with van der Waals surface area (Å²) in [5.41, 5.74) is 0.425. The van der Waals surface area contributed by atoms with E-state index in [0.29, 0.717) is 11.1 Å². The van der Waals surface area contributed by atoms with E-state index in [1.807, 2.05) is 12.1 Å². The molecule has 0 aliphatic carbocycles. The van der Waals surface area contributed by atoms with E-state index >= 15 is 0 Å². The number of hydrogen-bond donors (Lipinski definition) is 0. The Kier molecular flexibility index (Phi) is 3.29. The molecule has 1 aromatic carbocycles. The molecule has 0 aliphatic rings. The summed E-state index contributed by atoms with van der Waals surface area (Å²) in [6.45, 7) is 0. The van der Waals surface area contributed by atoms with Crippen LogP contribution in [0.15, 0.2) is 48.7 Å². The second kappa shape index (κ2) is 5.00. The van der Waals surface area contributed by atoms with E-state index in [1.165, 1.54) is 0 Å². The van der Waals surface area contributed by atoms with Crippen molar-refractivity contribution in [2.24, 2.45) is 0 Å². The predicted molar refractivity (Wildman–Crippen MR) is 75.0 cm³/mol. The number of fused-ring (bicyclic) bond motifs is 1. The van der Waals surface area contributed by atoms with Gasteiger partial charge in [-0.3, -0.25) is 4.98 Å². The second-order valence-corrected chi connectivity index (χ2v) is 4.83. The van der Waals surface area contributed by atoms with E-state index in [0.717, 1.165) is 17.5 Å². The van der Waals surface area contributed by atoms with Crippen LogP contribution in [0, 0.1) is 0 Å². The highest BCUT2D eigenvalue weighted by atomic mass is 35.5. The normalized spacial score (nSPS) is 11.8. The maximum Gasteiger partial charge on any atom is 0.416 e. The van der Waals surface area contributed by atoms with Crippen LogP contribution < -0.4 is 0 Å². The fourth-order valence-corrected chi connectivity index (χ4v) is 2.32. The Morgan fingerprint density at radius 1 is 1.00 bits per heavy atom. The summed E-state index contributed by atoms with van der Waals surface area (Å²) in [7, 11) is 0. The number of benzene rings is 1. The van der Waals surface area contributed by atoms with Gasteiger partial charge in [0.25, 0.3) is 0 Å². The number of pyridine rings is 2. The molecule has 2 heterocycles. The van der Waals surface area contributed by atoms with Crippen LogP contribution in [0.4, 0.5) is 13.2 Å². The SMILES string of the molecule is FC(F)(F)c1cc(Cl)nc(-c2cccc3cccnc23)c1. The molecule has 3 aromatic rings. The van der Waals surface area contributed by atoms with Crippen molar-refractivity contribution in [1.29, 1.82) is 0 Å². The van der Waals surface area contributed by atoms with Gasteiger partial charge in [0.2, 0.25) is 0 Å². The average molecular weight is 309 g/mol. The van der Waals surface area contributed by atoms with Gasteiger partial charge in [0.05, 0.1) is 16.8 Å². The zero-order valence-corrected chi connectivity index (χ0v) is 11.3. The van der Waals surface area contributed by atoms with E-state index in [1.54, 1.807) is 24.4 Å². The van der Waals surface area contributed by atoms with Crippen LogP contribution in [0.2, 0.25) is 5.15 Å². The minimum Gasteiger partial charge on any atom is -0.256 e. The number of hydrogen-bond acceptors (Lipinski definition) is 2. The molecule has 0 atom stereocenters. The Morgan fingerprint density at radius 2 is 1.76 bits per heavy atom. The third-order valence-electron chi connectivity index (χ3n) is 3.03. The van der Waals surface area contributed by atoms with Gasteiger partial charge < -0.3 is 0 Å². The highest BCUT2D eigenvalue weighted by molar-refractivity contribution is 6.29. The van der Waals surface area contributed by atoms with Crippen molar-refractivity contribution < 1.29 is 13.2 Å². The summed E-state index contributed by atoms with van der Waals surface area (Å²) in [5, 5.41) is 0.623. The third kappa shape index (κ3) is 2.69. The molecule has 2 aromatic heterocycles. The topological polar surface area (TPSA) is 25.8 Å². The summed E-state index contributed by atoms with van der Waals surface area (Å²) >= 11 is 5.73. The van der Waals surface area contributed by atoms with Gasteiger partial charge in [0.1, 0.15) is 5.15 Å². The van der Waals surface area contributed by atoms with Crippen molar-refractivity contribution in [2.75, 3.05) is 0 Å². The number of para-hydroxylation sites is 1. The first-order valence-electron chi connectivity index (χ1n) is 6.04. The molecular formula is C15H8ClF3N2. The maximum absolute atomic E-state index is 12.9. The van der Waals surface area contributed by atoms with Gasteiger partial charge >= 0.3 is 6.18 Å². The van der Waals surface area contributed by atoms with Crippen LogP contribution in [0.25, 0.3) is 22.2 Å². The molecule has 0 spiro atoms. The van der Waals surface area contributed by atoms with Crippen molar-refractivity contribution in [1.82, 2.24) is 9.97 Å². The van der Waals surface area contributed by atoms with E-state index in [2.05, 4.69) is 9.97 Å².